The van der Waals surface area contributed by atoms with Crippen LogP contribution in [0.25, 0.3) is 33.1 Å². The summed E-state index contributed by atoms with van der Waals surface area (Å²) in [5.41, 5.74) is 25.4. The van der Waals surface area contributed by atoms with Gasteiger partial charge in [-0.1, -0.05) is 219 Å². The van der Waals surface area contributed by atoms with Gasteiger partial charge < -0.3 is 19.1 Å². The zero-order chi connectivity index (χ0) is 56.6. The van der Waals surface area contributed by atoms with Crippen LogP contribution in [0.1, 0.15) is 137 Å². The van der Waals surface area contributed by atoms with Crippen LogP contribution >= 0.6 is 0 Å². The second-order valence-corrected chi connectivity index (χ2v) is 28.0. The minimum atomic E-state index is -0.0981. The molecule has 10 aromatic rings. The molecule has 0 atom stereocenters. The van der Waals surface area contributed by atoms with E-state index in [4.69, 9.17) is 4.42 Å². The van der Waals surface area contributed by atoms with E-state index in [0.717, 1.165) is 67.3 Å². The van der Waals surface area contributed by atoms with Gasteiger partial charge in [-0.05, 0) is 156 Å². The van der Waals surface area contributed by atoms with Crippen LogP contribution in [-0.4, -0.2) is 6.71 Å². The second-order valence-electron chi connectivity index (χ2n) is 28.0. The fourth-order valence-electron chi connectivity index (χ4n) is 12.4. The summed E-state index contributed by atoms with van der Waals surface area (Å²) in [5, 5.41) is 2.21. The van der Waals surface area contributed by atoms with Crippen molar-refractivity contribution in [3.05, 3.63) is 215 Å². The van der Waals surface area contributed by atoms with Crippen LogP contribution in [0.15, 0.2) is 186 Å². The normalized spacial score (nSPS) is 13.7. The lowest BCUT2D eigenvalue weighted by Crippen LogP contribution is -2.61. The average Bonchev–Trinajstić information content (AvgIpc) is 3.36. The molecule has 1 aromatic heterocycles. The Hall–Kier alpha value is -7.76. The number of aryl methyl sites for hydroxylation is 1. The number of nitrogens with zero attached hydrogens (tertiary/aromatic N) is 3. The summed E-state index contributed by atoms with van der Waals surface area (Å²) in [6.45, 7) is 36.9. The molecule has 402 valence electrons. The molecule has 0 unspecified atom stereocenters. The maximum atomic E-state index is 7.10. The third-order valence-corrected chi connectivity index (χ3v) is 17.2. The van der Waals surface area contributed by atoms with E-state index in [0.29, 0.717) is 0 Å². The van der Waals surface area contributed by atoms with Gasteiger partial charge in [0.1, 0.15) is 5.58 Å². The van der Waals surface area contributed by atoms with Crippen molar-refractivity contribution < 1.29 is 4.42 Å². The first kappa shape index (κ1) is 52.9. The van der Waals surface area contributed by atoms with E-state index in [2.05, 4.69) is 307 Å². The Morgan fingerprint density at radius 2 is 0.838 bits per heavy atom. The Kier molecular flexibility index (Phi) is 12.3. The van der Waals surface area contributed by atoms with Crippen molar-refractivity contribution in [3.63, 3.8) is 0 Å². The molecule has 0 N–H and O–H groups in total. The van der Waals surface area contributed by atoms with Crippen LogP contribution in [0, 0.1) is 6.92 Å². The molecule has 0 saturated carbocycles. The predicted molar refractivity (Wildman–Crippen MR) is 346 cm³/mol. The summed E-state index contributed by atoms with van der Waals surface area (Å²) in [6, 6.07) is 69.7. The lowest BCUT2D eigenvalue weighted by atomic mass is 9.33. The maximum absolute atomic E-state index is 7.10. The predicted octanol–water partition coefficient (Wildman–Crippen LogP) is 19.6. The monoisotopic (exact) mass is 1050 g/mol. The summed E-state index contributed by atoms with van der Waals surface area (Å²) >= 11 is 0. The SMILES string of the molecule is Cc1cccc2c1oc1c(N(c3ccccc3)c3cc4c5c(c3)N(c3ccc(C(C)(C)C)cc3-c3ccc(C(C)(C)C)cc3)c3ccc(C(C)(C)C)cc3B5c3cc(C(C)(C)C)ccc3N4c3ccc(C(C)(C)C)cc3)cccc12. The van der Waals surface area contributed by atoms with Gasteiger partial charge in [-0.2, -0.15) is 0 Å². The molecule has 0 radical (unpaired) electrons. The van der Waals surface area contributed by atoms with Crippen LogP contribution in [-0.2, 0) is 27.1 Å². The Balaban J connectivity index is 1.25. The molecule has 0 aliphatic carbocycles. The minimum Gasteiger partial charge on any atom is -0.454 e. The highest BCUT2D eigenvalue weighted by molar-refractivity contribution is 7.00. The zero-order valence-electron chi connectivity index (χ0n) is 50.1. The molecule has 0 spiro atoms. The highest BCUT2D eigenvalue weighted by Gasteiger charge is 2.45. The van der Waals surface area contributed by atoms with E-state index in [1.165, 1.54) is 66.7 Å². The zero-order valence-corrected chi connectivity index (χ0v) is 50.1. The number of fused-ring (bicyclic) bond motifs is 7. The van der Waals surface area contributed by atoms with Crippen molar-refractivity contribution in [1.29, 1.82) is 0 Å². The Bertz CT molecular complexity index is 4040. The van der Waals surface area contributed by atoms with Gasteiger partial charge in [0, 0.05) is 50.5 Å². The number of hydrogen-bond donors (Lipinski definition) is 0. The quantitative estimate of drug-likeness (QED) is 0.155. The molecular weight excluding hydrogens is 970 g/mol. The maximum Gasteiger partial charge on any atom is 0.252 e. The van der Waals surface area contributed by atoms with E-state index >= 15 is 0 Å². The Labute approximate surface area is 477 Å². The summed E-state index contributed by atoms with van der Waals surface area (Å²) in [6.07, 6.45) is 0. The van der Waals surface area contributed by atoms with Gasteiger partial charge in [0.15, 0.2) is 5.58 Å². The molecule has 0 bridgehead atoms. The first-order valence-corrected chi connectivity index (χ1v) is 28.9. The highest BCUT2D eigenvalue weighted by atomic mass is 16.3. The van der Waals surface area contributed by atoms with E-state index in [1.54, 1.807) is 0 Å². The Morgan fingerprint density at radius 1 is 0.375 bits per heavy atom. The van der Waals surface area contributed by atoms with Gasteiger partial charge in [0.25, 0.3) is 6.71 Å². The molecule has 80 heavy (non-hydrogen) atoms. The van der Waals surface area contributed by atoms with Crippen molar-refractivity contribution >= 4 is 96.2 Å². The lowest BCUT2D eigenvalue weighted by molar-refractivity contribution is 0.590. The van der Waals surface area contributed by atoms with Crippen LogP contribution in [0.2, 0.25) is 0 Å². The van der Waals surface area contributed by atoms with Crippen molar-refractivity contribution in [3.8, 4) is 11.1 Å². The molecule has 2 aliphatic heterocycles. The van der Waals surface area contributed by atoms with Crippen LogP contribution in [0.3, 0.4) is 0 Å². The van der Waals surface area contributed by atoms with Crippen molar-refractivity contribution in [2.45, 2.75) is 138 Å². The van der Waals surface area contributed by atoms with E-state index in [9.17, 15) is 0 Å². The molecular formula is C75H78BN3O. The molecule has 0 saturated heterocycles. The van der Waals surface area contributed by atoms with Crippen molar-refractivity contribution in [1.82, 2.24) is 0 Å². The van der Waals surface area contributed by atoms with E-state index in [1.807, 2.05) is 0 Å². The number of hydrogen-bond acceptors (Lipinski definition) is 4. The van der Waals surface area contributed by atoms with E-state index < -0.39 is 0 Å². The summed E-state index contributed by atoms with van der Waals surface area (Å²) in [4.78, 5) is 7.65. The smallest absolute Gasteiger partial charge is 0.252 e. The summed E-state index contributed by atoms with van der Waals surface area (Å²) in [5.74, 6) is 0. The summed E-state index contributed by atoms with van der Waals surface area (Å²) in [7, 11) is 0. The number of benzene rings is 9. The number of anilines is 9. The first-order valence-electron chi connectivity index (χ1n) is 28.9. The van der Waals surface area contributed by atoms with Crippen LogP contribution in [0.5, 0.6) is 0 Å². The van der Waals surface area contributed by atoms with Gasteiger partial charge in [-0.25, -0.2) is 0 Å². The molecule has 0 amide bonds. The average molecular weight is 1050 g/mol. The first-order chi connectivity index (χ1) is 37.8. The fraction of sp³-hybridized carbons (Fsp3) is 0.280. The van der Waals surface area contributed by atoms with E-state index in [-0.39, 0.29) is 33.8 Å². The second kappa shape index (κ2) is 18.7. The molecule has 12 rings (SSSR count). The van der Waals surface area contributed by atoms with Crippen molar-refractivity contribution in [2.75, 3.05) is 14.7 Å². The third kappa shape index (κ3) is 9.02. The number of para-hydroxylation sites is 3. The molecule has 9 aromatic carbocycles. The lowest BCUT2D eigenvalue weighted by Gasteiger charge is -2.46. The van der Waals surface area contributed by atoms with Gasteiger partial charge >= 0.3 is 0 Å². The van der Waals surface area contributed by atoms with Gasteiger partial charge in [-0.3, -0.25) is 0 Å². The number of rotatable bonds is 6. The molecule has 2 aliphatic rings. The fourth-order valence-corrected chi connectivity index (χ4v) is 12.4. The van der Waals surface area contributed by atoms with Crippen molar-refractivity contribution in [2.24, 2.45) is 0 Å². The topological polar surface area (TPSA) is 22.9 Å². The molecule has 0 fully saturated rings. The number of furan rings is 1. The minimum absolute atomic E-state index is 0.0119. The standard InChI is InChI=1S/C75H78BN3O/c1-47-22-20-25-57-58-26-21-27-65(70(58)80-69(47)57)77(54-23-18-17-19-24-54)56-45-66-68-67(46-56)79(62-39-34-51(73(8,9)10)42-59(62)48-28-30-49(31-29-48)71(2,3)4)64-41-36-53(75(14,15)16)44-61(64)76(68)60-43-52(74(11,12)13)35-40-63(60)78(66)55-37-32-50(33-38-55)72(5,6)7/h17-46H,1-16H3. The molecule has 3 heterocycles. The highest BCUT2D eigenvalue weighted by Crippen LogP contribution is 2.52. The van der Waals surface area contributed by atoms with Crippen LogP contribution < -0.4 is 31.1 Å². The molecule has 5 heteroatoms. The van der Waals surface area contributed by atoms with Gasteiger partial charge in [0.05, 0.1) is 17.1 Å². The summed E-state index contributed by atoms with van der Waals surface area (Å²) < 4.78 is 7.10. The van der Waals surface area contributed by atoms with Gasteiger partial charge in [0.2, 0.25) is 0 Å². The largest absolute Gasteiger partial charge is 0.454 e. The molecule has 4 nitrogen and oxygen atoms in total. The van der Waals surface area contributed by atoms with Crippen LogP contribution in [0.4, 0.5) is 51.2 Å². The third-order valence-electron chi connectivity index (χ3n) is 17.2. The van der Waals surface area contributed by atoms with Gasteiger partial charge in [-0.15, -0.1) is 0 Å². The Morgan fingerprint density at radius 3 is 1.39 bits per heavy atom.